The number of carbonyl (C=O) groups excluding carboxylic acids is 1. The first-order chi connectivity index (χ1) is 10.3. The minimum Gasteiger partial charge on any atom is -0.441 e. The van der Waals surface area contributed by atoms with E-state index in [1.54, 1.807) is 0 Å². The van der Waals surface area contributed by atoms with Crippen LogP contribution in [-0.2, 0) is 21.2 Å². The molecule has 5 nitrogen and oxygen atoms in total. The van der Waals surface area contributed by atoms with Gasteiger partial charge in [0.2, 0.25) is 0 Å². The van der Waals surface area contributed by atoms with Gasteiger partial charge in [-0.2, -0.15) is 30.4 Å². The van der Waals surface area contributed by atoms with Crippen LogP contribution in [0, 0.1) is 0 Å². The van der Waals surface area contributed by atoms with Crippen molar-refractivity contribution in [1.82, 2.24) is 0 Å². The van der Waals surface area contributed by atoms with Crippen molar-refractivity contribution in [3.8, 4) is 0 Å². The number of esters is 1. The summed E-state index contributed by atoms with van der Waals surface area (Å²) in [5.74, 6) is -1.86. The Morgan fingerprint density at radius 3 is 2.26 bits per heavy atom. The molecule has 0 saturated carbocycles. The Labute approximate surface area is 128 Å². The van der Waals surface area contributed by atoms with Crippen LogP contribution in [0.25, 0.3) is 0 Å². The van der Waals surface area contributed by atoms with Crippen LogP contribution in [0.1, 0.15) is 15.9 Å². The Bertz CT molecular complexity index is 688. The molecule has 1 aromatic rings. The molecule has 2 radical (unpaired) electrons. The lowest BCUT2D eigenvalue weighted by Crippen LogP contribution is -2.52. The first-order valence-electron chi connectivity index (χ1n) is 5.72. The Balaban J connectivity index is 3.19. The van der Waals surface area contributed by atoms with Gasteiger partial charge in [-0.25, -0.2) is 4.79 Å². The molecule has 1 unspecified atom stereocenters. The first-order valence-corrected chi connectivity index (χ1v) is 7.16. The molecule has 0 bridgehead atoms. The maximum Gasteiger partial charge on any atom is 0.432 e. The molecule has 0 amide bonds. The minimum absolute atomic E-state index is 0.0923. The van der Waals surface area contributed by atoms with Crippen LogP contribution >= 0.6 is 0 Å². The van der Waals surface area contributed by atoms with Gasteiger partial charge < -0.3 is 4.74 Å². The van der Waals surface area contributed by atoms with Crippen LogP contribution < -0.4 is 0 Å². The van der Waals surface area contributed by atoms with Crippen molar-refractivity contribution in [2.45, 2.75) is 23.9 Å². The molecule has 0 fully saturated rings. The van der Waals surface area contributed by atoms with E-state index in [9.17, 15) is 35.2 Å². The molecule has 1 N–H and O–H groups in total. The number of hydrogen-bond donors (Lipinski definition) is 1. The maximum absolute atomic E-state index is 13.3. The number of ether oxygens (including phenoxy) is 1. The number of carbonyl (C=O) groups is 1. The molecule has 0 aliphatic rings. The Kier molecular flexibility index (Phi) is 5.42. The van der Waals surface area contributed by atoms with Crippen LogP contribution in [0.4, 0.5) is 22.0 Å². The molecular weight excluding hydrogens is 350 g/mol. The van der Waals surface area contributed by atoms with Crippen LogP contribution in [0.15, 0.2) is 24.3 Å². The van der Waals surface area contributed by atoms with Crippen molar-refractivity contribution in [3.05, 3.63) is 35.4 Å². The normalized spacial score (nSPS) is 14.3. The van der Waals surface area contributed by atoms with Gasteiger partial charge >= 0.3 is 27.5 Å². The van der Waals surface area contributed by atoms with E-state index < -0.39 is 39.2 Å². The number of hydrogen-bond acceptors (Lipinski definition) is 4. The largest absolute Gasteiger partial charge is 0.441 e. The molecule has 0 saturated heterocycles. The molecule has 1 aromatic carbocycles. The van der Waals surface area contributed by atoms with Gasteiger partial charge in [0.05, 0.1) is 13.4 Å². The summed E-state index contributed by atoms with van der Waals surface area (Å²) in [6.45, 7) is 0. The van der Waals surface area contributed by atoms with Crippen molar-refractivity contribution >= 4 is 23.9 Å². The molecule has 0 aromatic heterocycles. The van der Waals surface area contributed by atoms with Crippen molar-refractivity contribution in [3.63, 3.8) is 0 Å². The van der Waals surface area contributed by atoms with Crippen molar-refractivity contribution < 1.29 is 44.5 Å². The quantitative estimate of drug-likeness (QED) is 0.377. The zero-order chi connectivity index (χ0) is 18.1. The van der Waals surface area contributed by atoms with E-state index >= 15 is 0 Å². The van der Waals surface area contributed by atoms with Gasteiger partial charge in [-0.3, -0.25) is 4.55 Å². The van der Waals surface area contributed by atoms with Crippen LogP contribution in [0.2, 0.25) is 0 Å². The van der Waals surface area contributed by atoms with E-state index in [1.165, 1.54) is 12.1 Å². The van der Waals surface area contributed by atoms with Crippen molar-refractivity contribution in [1.29, 1.82) is 0 Å². The predicted molar refractivity (Wildman–Crippen MR) is 67.7 cm³/mol. The van der Waals surface area contributed by atoms with Crippen LogP contribution in [0.5, 0.6) is 0 Å². The highest BCUT2D eigenvalue weighted by Gasteiger charge is 2.66. The highest BCUT2D eigenvalue weighted by atomic mass is 32.2. The summed E-state index contributed by atoms with van der Waals surface area (Å²) < 4.78 is 97.1. The monoisotopic (exact) mass is 358 g/mol. The molecule has 0 aliphatic heterocycles. The zero-order valence-electron chi connectivity index (χ0n) is 11.0. The highest BCUT2D eigenvalue weighted by molar-refractivity contribution is 7.86. The molecule has 0 spiro atoms. The van der Waals surface area contributed by atoms with Crippen LogP contribution in [-0.4, -0.2) is 44.3 Å². The molecule has 0 heterocycles. The fourth-order valence-corrected chi connectivity index (χ4v) is 1.91. The fraction of sp³-hybridized carbons (Fsp3) is 0.364. The van der Waals surface area contributed by atoms with Crippen molar-refractivity contribution in [2.75, 3.05) is 0 Å². The number of halogens is 5. The Morgan fingerprint density at radius 2 is 1.83 bits per heavy atom. The van der Waals surface area contributed by atoms with E-state index in [2.05, 4.69) is 4.74 Å². The molecule has 0 aliphatic carbocycles. The van der Waals surface area contributed by atoms with Crippen LogP contribution in [0.3, 0.4) is 0 Å². The molecule has 1 rings (SSSR count). The number of benzene rings is 1. The van der Waals surface area contributed by atoms with Gasteiger partial charge in [0.1, 0.15) is 0 Å². The number of alkyl halides is 5. The second-order valence-corrected chi connectivity index (χ2v) is 5.76. The molecule has 1 atom stereocenters. The van der Waals surface area contributed by atoms with Gasteiger partial charge in [-0.05, 0) is 12.1 Å². The summed E-state index contributed by atoms with van der Waals surface area (Å²) in [5.41, 5.74) is -0.252. The molecule has 12 heteroatoms. The summed E-state index contributed by atoms with van der Waals surface area (Å²) in [7, 11) is -1.22. The third-order valence-electron chi connectivity index (χ3n) is 2.57. The fourth-order valence-electron chi connectivity index (χ4n) is 1.46. The van der Waals surface area contributed by atoms with E-state index in [1.807, 2.05) is 0 Å². The summed E-state index contributed by atoms with van der Waals surface area (Å²) in [6, 6.07) is 4.56. The standard InChI is InChI=1S/C11H8BF5O5S/c12-5-6-2-1-3-7(4-6)8(18)22-9(10(13,14)15)11(16,17)23(19,20)21/h1-4,9H,5H2,(H,19,20,21). The Hall–Kier alpha value is -1.69. The first kappa shape index (κ1) is 19.4. The van der Waals surface area contributed by atoms with Crippen molar-refractivity contribution in [2.24, 2.45) is 0 Å². The summed E-state index contributed by atoms with van der Waals surface area (Å²) in [6.07, 6.45) is -10.4. The second kappa shape index (κ2) is 6.44. The molecule has 23 heavy (non-hydrogen) atoms. The van der Waals surface area contributed by atoms with Gasteiger partial charge in [0.15, 0.2) is 0 Å². The highest BCUT2D eigenvalue weighted by Crippen LogP contribution is 2.38. The number of rotatable bonds is 5. The van der Waals surface area contributed by atoms with E-state index in [-0.39, 0.29) is 6.32 Å². The third-order valence-corrected chi connectivity index (χ3v) is 3.47. The lowest BCUT2D eigenvalue weighted by atomic mass is 9.96. The van der Waals surface area contributed by atoms with E-state index in [0.29, 0.717) is 5.56 Å². The smallest absolute Gasteiger partial charge is 0.432 e. The predicted octanol–water partition coefficient (Wildman–Crippen LogP) is 1.92. The SMILES string of the molecule is [B]Cc1cccc(C(=O)OC(C(F)(F)F)C(F)(F)S(=O)(=O)O)c1. The molecule has 126 valence electrons. The maximum atomic E-state index is 13.3. The van der Waals surface area contributed by atoms with E-state index in [4.69, 9.17) is 12.4 Å². The summed E-state index contributed by atoms with van der Waals surface area (Å²) >= 11 is 0. The van der Waals surface area contributed by atoms with Gasteiger partial charge in [-0.1, -0.05) is 24.0 Å². The lowest BCUT2D eigenvalue weighted by Gasteiger charge is -2.26. The van der Waals surface area contributed by atoms with Gasteiger partial charge in [0.25, 0.3) is 6.10 Å². The lowest BCUT2D eigenvalue weighted by molar-refractivity contribution is -0.248. The zero-order valence-corrected chi connectivity index (χ0v) is 11.9. The Morgan fingerprint density at radius 1 is 1.26 bits per heavy atom. The average molecular weight is 358 g/mol. The topological polar surface area (TPSA) is 80.7 Å². The van der Waals surface area contributed by atoms with Gasteiger partial charge in [0, 0.05) is 0 Å². The minimum atomic E-state index is -6.48. The average Bonchev–Trinajstić information content (AvgIpc) is 2.41. The van der Waals surface area contributed by atoms with E-state index in [0.717, 1.165) is 12.1 Å². The third kappa shape index (κ3) is 4.41. The summed E-state index contributed by atoms with van der Waals surface area (Å²) in [4.78, 5) is 11.6. The van der Waals surface area contributed by atoms with Gasteiger partial charge in [-0.15, -0.1) is 0 Å². The summed E-state index contributed by atoms with van der Waals surface area (Å²) in [5, 5.41) is -5.77. The second-order valence-electron chi connectivity index (χ2n) is 4.27. The molecular formula is C11H8BF5O5S.